The molecule has 4 rings (SSSR count). The van der Waals surface area contributed by atoms with Crippen molar-refractivity contribution in [3.63, 3.8) is 0 Å². The van der Waals surface area contributed by atoms with Crippen molar-refractivity contribution in [3.8, 4) is 0 Å². The Balaban J connectivity index is 0.000000286. The lowest BCUT2D eigenvalue weighted by molar-refractivity contribution is -0.127. The number of rotatable bonds is 6. The molecule has 1 fully saturated rings. The summed E-state index contributed by atoms with van der Waals surface area (Å²) < 4.78 is 1.92. The summed E-state index contributed by atoms with van der Waals surface area (Å²) in [5, 5.41) is 0.875. The van der Waals surface area contributed by atoms with Gasteiger partial charge in [0.15, 0.2) is 5.78 Å². The van der Waals surface area contributed by atoms with E-state index in [2.05, 4.69) is 23.9 Å². The molecule has 1 amide bonds. The summed E-state index contributed by atoms with van der Waals surface area (Å²) >= 11 is 5.82. The van der Waals surface area contributed by atoms with Crippen LogP contribution in [0.25, 0.3) is 0 Å². The summed E-state index contributed by atoms with van der Waals surface area (Å²) in [4.78, 5) is 32.3. The lowest BCUT2D eigenvalue weighted by Gasteiger charge is -2.27. The second-order valence-corrected chi connectivity index (χ2v) is 9.16. The fourth-order valence-corrected chi connectivity index (χ4v) is 4.70. The normalized spacial score (nSPS) is 16.1. The SMILES string of the molecule is CC(=O)c1cnc2n1CCN(C(=O)/C=C/CN(C)C1CCCC1)C2.CCc1ccccc1Cl. The third-order valence-corrected chi connectivity index (χ3v) is 6.85. The van der Waals surface area contributed by atoms with Crippen LogP contribution in [0, 0.1) is 0 Å². The molecule has 0 saturated heterocycles. The number of Topliss-reactive ketones (excluding diaryl/α,β-unsaturated/α-hetero) is 1. The van der Waals surface area contributed by atoms with Crippen LogP contribution >= 0.6 is 11.6 Å². The van der Waals surface area contributed by atoms with Crippen molar-refractivity contribution < 1.29 is 9.59 Å². The van der Waals surface area contributed by atoms with Crippen molar-refractivity contribution >= 4 is 23.3 Å². The molecule has 178 valence electrons. The number of imidazole rings is 1. The molecular formula is C26H35ClN4O2. The van der Waals surface area contributed by atoms with E-state index in [9.17, 15) is 9.59 Å². The molecule has 33 heavy (non-hydrogen) atoms. The summed E-state index contributed by atoms with van der Waals surface area (Å²) in [5.74, 6) is 0.827. The number of carbonyl (C=O) groups is 2. The number of aromatic nitrogens is 2. The van der Waals surface area contributed by atoms with Gasteiger partial charge in [-0.05, 0) is 37.9 Å². The molecule has 0 unspecified atom stereocenters. The van der Waals surface area contributed by atoms with Gasteiger partial charge in [-0.15, -0.1) is 0 Å². The maximum Gasteiger partial charge on any atom is 0.246 e. The maximum atomic E-state index is 12.4. The molecule has 0 radical (unpaired) electrons. The van der Waals surface area contributed by atoms with Crippen LogP contribution in [-0.2, 0) is 24.3 Å². The van der Waals surface area contributed by atoms with Gasteiger partial charge in [-0.25, -0.2) is 4.98 Å². The van der Waals surface area contributed by atoms with Gasteiger partial charge in [0.2, 0.25) is 5.91 Å². The molecule has 6 nitrogen and oxygen atoms in total. The topological polar surface area (TPSA) is 58.4 Å². The molecule has 0 N–H and O–H groups in total. The van der Waals surface area contributed by atoms with Gasteiger partial charge in [0, 0.05) is 43.7 Å². The molecule has 2 heterocycles. The summed E-state index contributed by atoms with van der Waals surface area (Å²) in [7, 11) is 2.13. The highest BCUT2D eigenvalue weighted by molar-refractivity contribution is 6.31. The van der Waals surface area contributed by atoms with Crippen molar-refractivity contribution in [2.45, 2.75) is 65.1 Å². The largest absolute Gasteiger partial charge is 0.330 e. The van der Waals surface area contributed by atoms with E-state index in [1.165, 1.54) is 31.2 Å². The highest BCUT2D eigenvalue weighted by atomic mass is 35.5. The molecule has 0 spiro atoms. The third kappa shape index (κ3) is 6.78. The van der Waals surface area contributed by atoms with E-state index in [1.54, 1.807) is 24.1 Å². The maximum absolute atomic E-state index is 12.4. The molecule has 0 atom stereocenters. The van der Waals surface area contributed by atoms with E-state index in [-0.39, 0.29) is 11.7 Å². The zero-order chi connectivity index (χ0) is 23.8. The number of aryl methyl sites for hydroxylation is 1. The first-order valence-electron chi connectivity index (χ1n) is 11.8. The van der Waals surface area contributed by atoms with E-state index in [0.29, 0.717) is 31.4 Å². The van der Waals surface area contributed by atoms with Gasteiger partial charge in [0.05, 0.1) is 12.7 Å². The molecule has 2 aliphatic rings. The van der Waals surface area contributed by atoms with Crippen LogP contribution in [-0.4, -0.2) is 57.2 Å². The van der Waals surface area contributed by atoms with Crippen LogP contribution in [0.3, 0.4) is 0 Å². The highest BCUT2D eigenvalue weighted by Gasteiger charge is 2.23. The van der Waals surface area contributed by atoms with Gasteiger partial charge in [-0.1, -0.05) is 55.6 Å². The molecule has 1 aromatic heterocycles. The molecule has 1 aliphatic carbocycles. The van der Waals surface area contributed by atoms with Gasteiger partial charge in [0.25, 0.3) is 0 Å². The summed E-state index contributed by atoms with van der Waals surface area (Å²) in [6, 6.07) is 8.58. The highest BCUT2D eigenvalue weighted by Crippen LogP contribution is 2.22. The van der Waals surface area contributed by atoms with Crippen LogP contribution in [0.1, 0.15) is 61.4 Å². The van der Waals surface area contributed by atoms with E-state index in [1.807, 2.05) is 34.9 Å². The van der Waals surface area contributed by atoms with Crippen molar-refractivity contribution in [3.05, 3.63) is 64.7 Å². The average Bonchev–Trinajstić information content (AvgIpc) is 3.49. The van der Waals surface area contributed by atoms with Crippen LogP contribution in [0.15, 0.2) is 42.6 Å². The summed E-state index contributed by atoms with van der Waals surface area (Å²) in [6.45, 7) is 6.17. The number of amides is 1. The Hall–Kier alpha value is -2.44. The Bertz CT molecular complexity index is 978. The Labute approximate surface area is 202 Å². The first-order valence-corrected chi connectivity index (χ1v) is 12.2. The van der Waals surface area contributed by atoms with E-state index >= 15 is 0 Å². The third-order valence-electron chi connectivity index (χ3n) is 6.48. The minimum absolute atomic E-state index is 0.0170. The minimum atomic E-state index is 0.0170. The first kappa shape index (κ1) is 25.2. The molecule has 1 aliphatic heterocycles. The number of ketones is 1. The van der Waals surface area contributed by atoms with E-state index in [0.717, 1.165) is 23.8 Å². The van der Waals surface area contributed by atoms with Gasteiger partial charge >= 0.3 is 0 Å². The number of benzene rings is 1. The lowest BCUT2D eigenvalue weighted by Crippen LogP contribution is -2.38. The first-order chi connectivity index (χ1) is 15.9. The lowest BCUT2D eigenvalue weighted by atomic mass is 10.2. The van der Waals surface area contributed by atoms with Crippen LogP contribution in [0.5, 0.6) is 0 Å². The molecular weight excluding hydrogens is 436 g/mol. The monoisotopic (exact) mass is 470 g/mol. The van der Waals surface area contributed by atoms with Gasteiger partial charge < -0.3 is 9.47 Å². The Morgan fingerprint density at radius 2 is 1.94 bits per heavy atom. The fourth-order valence-electron chi connectivity index (χ4n) is 4.43. The quantitative estimate of drug-likeness (QED) is 0.451. The number of halogens is 1. The molecule has 1 aromatic carbocycles. The second-order valence-electron chi connectivity index (χ2n) is 8.75. The number of hydrogen-bond donors (Lipinski definition) is 0. The molecule has 1 saturated carbocycles. The number of carbonyl (C=O) groups excluding carboxylic acids is 2. The predicted octanol–water partition coefficient (Wildman–Crippen LogP) is 4.76. The standard InChI is InChI=1S/C18H26N4O2.C8H9Cl/c1-14(23)16-12-19-17-13-21(10-11-22(16)17)18(24)8-5-9-20(2)15-6-3-4-7-15;1-2-7-5-3-4-6-8(7)9/h5,8,12,15H,3-4,6-7,9-11,13H2,1-2H3;3-6H,2H2,1H3/b8-5+;. The van der Waals surface area contributed by atoms with Gasteiger partial charge in [-0.3, -0.25) is 14.5 Å². The smallest absolute Gasteiger partial charge is 0.246 e. The average molecular weight is 471 g/mol. The van der Waals surface area contributed by atoms with Crippen molar-refractivity contribution in [1.82, 2.24) is 19.4 Å². The molecule has 7 heteroatoms. The van der Waals surface area contributed by atoms with E-state index < -0.39 is 0 Å². The van der Waals surface area contributed by atoms with E-state index in [4.69, 9.17) is 11.6 Å². The van der Waals surface area contributed by atoms with Crippen molar-refractivity contribution in [2.24, 2.45) is 0 Å². The fraction of sp³-hybridized carbons (Fsp3) is 0.500. The van der Waals surface area contributed by atoms with Crippen LogP contribution in [0.4, 0.5) is 0 Å². The molecule has 2 aromatic rings. The Morgan fingerprint density at radius 3 is 2.58 bits per heavy atom. The Kier molecular flexibility index (Phi) is 9.27. The van der Waals surface area contributed by atoms with Crippen LogP contribution in [0.2, 0.25) is 5.02 Å². The zero-order valence-corrected chi connectivity index (χ0v) is 20.7. The number of fused-ring (bicyclic) bond motifs is 1. The van der Waals surface area contributed by atoms with Crippen molar-refractivity contribution in [2.75, 3.05) is 20.1 Å². The second kappa shape index (κ2) is 12.1. The number of nitrogens with zero attached hydrogens (tertiary/aromatic N) is 4. The number of likely N-dealkylation sites (N-methyl/N-ethyl adjacent to an activating group) is 1. The van der Waals surface area contributed by atoms with Crippen LogP contribution < -0.4 is 0 Å². The van der Waals surface area contributed by atoms with Gasteiger partial charge in [0.1, 0.15) is 11.5 Å². The zero-order valence-electron chi connectivity index (χ0n) is 20.0. The van der Waals surface area contributed by atoms with Gasteiger partial charge in [-0.2, -0.15) is 0 Å². The Morgan fingerprint density at radius 1 is 1.21 bits per heavy atom. The minimum Gasteiger partial charge on any atom is -0.330 e. The summed E-state index contributed by atoms with van der Waals surface area (Å²) in [6.07, 6.45) is 11.4. The van der Waals surface area contributed by atoms with Crippen molar-refractivity contribution in [1.29, 1.82) is 0 Å². The summed E-state index contributed by atoms with van der Waals surface area (Å²) in [5.41, 5.74) is 1.85. The number of hydrogen-bond acceptors (Lipinski definition) is 4. The molecule has 0 bridgehead atoms. The predicted molar refractivity (Wildman–Crippen MR) is 133 cm³/mol.